The maximum absolute atomic E-state index is 13.4. The van der Waals surface area contributed by atoms with Crippen LogP contribution in [0.2, 0.25) is 0 Å². The smallest absolute Gasteiger partial charge is 0.244 e. The van der Waals surface area contributed by atoms with Crippen molar-refractivity contribution in [2.24, 2.45) is 5.73 Å². The Morgan fingerprint density at radius 1 is 1.31 bits per heavy atom. The van der Waals surface area contributed by atoms with Crippen molar-refractivity contribution >= 4 is 11.3 Å². The highest BCUT2D eigenvalue weighted by Crippen LogP contribution is 2.46. The number of allylic oxidation sites excluding steroid dienone is 1. The average molecular weight is 366 g/mol. The van der Waals surface area contributed by atoms with Gasteiger partial charge in [0.2, 0.25) is 11.8 Å². The minimum Gasteiger partial charge on any atom is -0.420 e. The van der Waals surface area contributed by atoms with Gasteiger partial charge in [-0.15, -0.1) is 16.4 Å². The molecule has 7 heteroatoms. The molecule has 0 aliphatic carbocycles. The third-order valence-electron chi connectivity index (χ3n) is 4.45. The molecule has 2 aromatic heterocycles. The van der Waals surface area contributed by atoms with E-state index in [2.05, 4.69) is 22.3 Å². The number of aromatic nitrogens is 2. The van der Waals surface area contributed by atoms with E-state index in [1.165, 1.54) is 17.0 Å². The second-order valence-corrected chi connectivity index (χ2v) is 7.58. The summed E-state index contributed by atoms with van der Waals surface area (Å²) in [6.45, 7) is 4.07. The van der Waals surface area contributed by atoms with E-state index < -0.39 is 5.92 Å². The molecule has 0 amide bonds. The number of aromatic amines is 1. The molecular weight excluding hydrogens is 351 g/mol. The normalized spacial score (nSPS) is 16.2. The van der Waals surface area contributed by atoms with Crippen LogP contribution in [-0.2, 0) is 0 Å². The molecule has 130 valence electrons. The lowest BCUT2D eigenvalue weighted by Crippen LogP contribution is -2.21. The number of benzene rings is 1. The molecule has 0 fully saturated rings. The van der Waals surface area contributed by atoms with Crippen molar-refractivity contribution in [3.8, 4) is 23.2 Å². The zero-order valence-electron chi connectivity index (χ0n) is 14.1. The van der Waals surface area contributed by atoms with Crippen LogP contribution in [0.4, 0.5) is 4.39 Å². The van der Waals surface area contributed by atoms with Crippen molar-refractivity contribution in [2.75, 3.05) is 0 Å². The highest BCUT2D eigenvalue weighted by atomic mass is 32.1. The lowest BCUT2D eigenvalue weighted by Gasteiger charge is -2.24. The fourth-order valence-electron chi connectivity index (χ4n) is 3.32. The summed E-state index contributed by atoms with van der Waals surface area (Å²) in [7, 11) is 0. The minimum atomic E-state index is -0.474. The van der Waals surface area contributed by atoms with Gasteiger partial charge in [0, 0.05) is 15.3 Å². The van der Waals surface area contributed by atoms with Gasteiger partial charge in [-0.1, -0.05) is 12.1 Å². The van der Waals surface area contributed by atoms with Crippen LogP contribution < -0.4 is 10.5 Å². The van der Waals surface area contributed by atoms with E-state index in [0.717, 1.165) is 27.3 Å². The molecule has 1 atom stereocenters. The van der Waals surface area contributed by atoms with Gasteiger partial charge in [-0.05, 0) is 37.6 Å². The highest BCUT2D eigenvalue weighted by Gasteiger charge is 2.36. The van der Waals surface area contributed by atoms with Crippen molar-refractivity contribution in [1.82, 2.24) is 10.2 Å². The second kappa shape index (κ2) is 6.00. The van der Waals surface area contributed by atoms with Gasteiger partial charge in [-0.2, -0.15) is 5.26 Å². The number of hydrogen-bond donors (Lipinski definition) is 2. The van der Waals surface area contributed by atoms with Crippen LogP contribution in [0.5, 0.6) is 5.88 Å². The first-order valence-corrected chi connectivity index (χ1v) is 8.80. The predicted molar refractivity (Wildman–Crippen MR) is 97.1 cm³/mol. The Bertz CT molecular complexity index is 1070. The van der Waals surface area contributed by atoms with Gasteiger partial charge in [0.05, 0.1) is 17.2 Å². The summed E-state index contributed by atoms with van der Waals surface area (Å²) < 4.78 is 19.0. The first-order chi connectivity index (χ1) is 12.5. The van der Waals surface area contributed by atoms with Crippen LogP contribution in [-0.4, -0.2) is 10.2 Å². The Balaban J connectivity index is 1.97. The SMILES string of the molecule is Cc1cc(-c2[nH]nc3c2[C@H](c2ccc(F)cc2)C(C#N)=C(N)O3)c(C)s1. The molecule has 0 saturated carbocycles. The summed E-state index contributed by atoms with van der Waals surface area (Å²) >= 11 is 1.68. The molecule has 0 bridgehead atoms. The first kappa shape index (κ1) is 16.4. The molecule has 5 nitrogen and oxygen atoms in total. The second-order valence-electron chi connectivity index (χ2n) is 6.12. The molecule has 3 N–H and O–H groups in total. The number of H-pyrrole nitrogens is 1. The molecule has 0 unspecified atom stereocenters. The molecule has 26 heavy (non-hydrogen) atoms. The predicted octanol–water partition coefficient (Wildman–Crippen LogP) is 4.11. The quantitative estimate of drug-likeness (QED) is 0.714. The third kappa shape index (κ3) is 2.47. The fourth-order valence-corrected chi connectivity index (χ4v) is 4.25. The lowest BCUT2D eigenvalue weighted by atomic mass is 9.83. The monoisotopic (exact) mass is 366 g/mol. The lowest BCUT2D eigenvalue weighted by molar-refractivity contribution is 0.379. The number of nitrogens with zero attached hydrogens (tertiary/aromatic N) is 2. The Morgan fingerprint density at radius 2 is 2.04 bits per heavy atom. The number of nitriles is 1. The Hall–Kier alpha value is -3.11. The number of thiophene rings is 1. The van der Waals surface area contributed by atoms with Gasteiger partial charge in [-0.25, -0.2) is 4.39 Å². The fraction of sp³-hybridized carbons (Fsp3) is 0.158. The molecule has 4 rings (SSSR count). The van der Waals surface area contributed by atoms with Crippen molar-refractivity contribution < 1.29 is 9.13 Å². The van der Waals surface area contributed by atoms with Crippen LogP contribution in [0.25, 0.3) is 11.3 Å². The van der Waals surface area contributed by atoms with E-state index in [4.69, 9.17) is 10.5 Å². The van der Waals surface area contributed by atoms with Gasteiger partial charge in [-0.3, -0.25) is 5.10 Å². The molecule has 0 radical (unpaired) electrons. The number of nitrogens with one attached hydrogen (secondary N) is 1. The van der Waals surface area contributed by atoms with Gasteiger partial charge < -0.3 is 10.5 Å². The van der Waals surface area contributed by atoms with Gasteiger partial charge in [0.25, 0.3) is 0 Å². The number of halogens is 1. The molecule has 1 aliphatic heterocycles. The third-order valence-corrected chi connectivity index (χ3v) is 5.42. The number of ether oxygens (including phenoxy) is 1. The van der Waals surface area contributed by atoms with E-state index in [1.54, 1.807) is 23.5 Å². The molecule has 3 heterocycles. The van der Waals surface area contributed by atoms with Crippen molar-refractivity contribution in [2.45, 2.75) is 19.8 Å². The molecule has 1 aromatic carbocycles. The van der Waals surface area contributed by atoms with E-state index >= 15 is 0 Å². The summed E-state index contributed by atoms with van der Waals surface area (Å²) in [5.41, 5.74) is 9.53. The summed E-state index contributed by atoms with van der Waals surface area (Å²) in [5, 5.41) is 16.9. The van der Waals surface area contributed by atoms with E-state index in [9.17, 15) is 9.65 Å². The van der Waals surface area contributed by atoms with Crippen LogP contribution in [0.3, 0.4) is 0 Å². The minimum absolute atomic E-state index is 0.0191. The molecule has 1 aliphatic rings. The van der Waals surface area contributed by atoms with Crippen molar-refractivity contribution in [3.05, 3.63) is 68.5 Å². The van der Waals surface area contributed by atoms with Crippen LogP contribution in [0.15, 0.2) is 41.8 Å². The maximum Gasteiger partial charge on any atom is 0.244 e. The van der Waals surface area contributed by atoms with E-state index in [-0.39, 0.29) is 17.3 Å². The average Bonchev–Trinajstić information content (AvgIpc) is 3.16. The number of nitrogens with two attached hydrogens (primary N) is 1. The van der Waals surface area contributed by atoms with Crippen LogP contribution in [0.1, 0.15) is 26.8 Å². The summed E-state index contributed by atoms with van der Waals surface area (Å²) in [6, 6.07) is 10.3. The topological polar surface area (TPSA) is 87.7 Å². The largest absolute Gasteiger partial charge is 0.420 e. The van der Waals surface area contributed by atoms with E-state index in [1.807, 2.05) is 13.8 Å². The number of rotatable bonds is 2. The number of aryl methyl sites for hydroxylation is 2. The Labute approximate surface area is 153 Å². The standard InChI is InChI=1S/C19H15FN4OS/c1-9-7-13(10(2)26-9)17-16-15(11-3-5-12(20)6-4-11)14(8-21)18(22)25-19(16)24-23-17/h3-7,15H,22H2,1-2H3,(H,23,24)/t15-/m1/s1. The van der Waals surface area contributed by atoms with Crippen molar-refractivity contribution in [3.63, 3.8) is 0 Å². The molecule has 0 saturated heterocycles. The van der Waals surface area contributed by atoms with E-state index in [0.29, 0.717) is 5.88 Å². The number of hydrogen-bond acceptors (Lipinski definition) is 5. The molecule has 0 spiro atoms. The summed E-state index contributed by atoms with van der Waals surface area (Å²) in [6.07, 6.45) is 0. The zero-order valence-corrected chi connectivity index (χ0v) is 14.9. The molecular formula is C19H15FN4OS. The van der Waals surface area contributed by atoms with Crippen LogP contribution in [0, 0.1) is 31.0 Å². The van der Waals surface area contributed by atoms with Crippen molar-refractivity contribution in [1.29, 1.82) is 5.26 Å². The zero-order chi connectivity index (χ0) is 18.4. The maximum atomic E-state index is 13.4. The van der Waals surface area contributed by atoms with Gasteiger partial charge in [0.15, 0.2) is 0 Å². The Kier molecular flexibility index (Phi) is 3.78. The van der Waals surface area contributed by atoms with Gasteiger partial charge >= 0.3 is 0 Å². The summed E-state index contributed by atoms with van der Waals surface area (Å²) in [4.78, 5) is 2.30. The first-order valence-electron chi connectivity index (χ1n) is 7.98. The highest BCUT2D eigenvalue weighted by molar-refractivity contribution is 7.12. The summed E-state index contributed by atoms with van der Waals surface area (Å²) in [5.74, 6) is -0.453. The van der Waals surface area contributed by atoms with Gasteiger partial charge in [0.1, 0.15) is 17.5 Å². The molecule has 3 aromatic rings. The van der Waals surface area contributed by atoms with Crippen LogP contribution >= 0.6 is 11.3 Å². The number of fused-ring (bicyclic) bond motifs is 1. The Morgan fingerprint density at radius 3 is 2.65 bits per heavy atom.